The van der Waals surface area contributed by atoms with Crippen LogP contribution >= 0.6 is 0 Å². The Morgan fingerprint density at radius 1 is 1.53 bits per heavy atom. The van der Waals surface area contributed by atoms with E-state index >= 15 is 0 Å². The lowest BCUT2D eigenvalue weighted by molar-refractivity contribution is -0.147. The van der Waals surface area contributed by atoms with Gasteiger partial charge in [0.2, 0.25) is 5.91 Å². The predicted molar refractivity (Wildman–Crippen MR) is 63.4 cm³/mol. The van der Waals surface area contributed by atoms with E-state index in [0.717, 1.165) is 12.8 Å². The Morgan fingerprint density at radius 2 is 2.29 bits per heavy atom. The summed E-state index contributed by atoms with van der Waals surface area (Å²) >= 11 is 0. The zero-order valence-electron chi connectivity index (χ0n) is 10.2. The van der Waals surface area contributed by atoms with Gasteiger partial charge in [0.25, 0.3) is 0 Å². The maximum atomic E-state index is 12.0. The molecular formula is C13H19NO3. The topological polar surface area (TPSA) is 57.6 Å². The van der Waals surface area contributed by atoms with E-state index in [1.54, 1.807) is 11.8 Å². The third kappa shape index (κ3) is 2.51. The van der Waals surface area contributed by atoms with Crippen LogP contribution in [0.15, 0.2) is 12.2 Å². The average molecular weight is 237 g/mol. The van der Waals surface area contributed by atoms with Crippen molar-refractivity contribution in [2.45, 2.75) is 32.6 Å². The van der Waals surface area contributed by atoms with E-state index in [-0.39, 0.29) is 5.91 Å². The number of likely N-dealkylation sites (tertiary alicyclic amines) is 1. The van der Waals surface area contributed by atoms with Crippen LogP contribution in [-0.2, 0) is 9.59 Å². The summed E-state index contributed by atoms with van der Waals surface area (Å²) in [5.74, 6) is -0.334. The van der Waals surface area contributed by atoms with E-state index in [0.29, 0.717) is 31.8 Å². The molecule has 17 heavy (non-hydrogen) atoms. The first-order valence-electron chi connectivity index (χ1n) is 6.19. The Kier molecular flexibility index (Phi) is 3.22. The normalized spacial score (nSPS) is 32.1. The van der Waals surface area contributed by atoms with Gasteiger partial charge in [0, 0.05) is 19.5 Å². The van der Waals surface area contributed by atoms with Gasteiger partial charge in [-0.25, -0.2) is 0 Å². The summed E-state index contributed by atoms with van der Waals surface area (Å²) in [4.78, 5) is 24.8. The summed E-state index contributed by atoms with van der Waals surface area (Å²) < 4.78 is 0. The number of amides is 1. The number of carbonyl (C=O) groups excluding carboxylic acids is 1. The van der Waals surface area contributed by atoms with Gasteiger partial charge in [-0.15, -0.1) is 0 Å². The highest BCUT2D eigenvalue weighted by atomic mass is 16.4. The number of carboxylic acids is 1. The van der Waals surface area contributed by atoms with Gasteiger partial charge in [-0.05, 0) is 32.1 Å². The fourth-order valence-corrected chi connectivity index (χ4v) is 2.57. The van der Waals surface area contributed by atoms with Gasteiger partial charge in [0.05, 0.1) is 5.41 Å². The Bertz CT molecular complexity index is 364. The molecule has 2 rings (SSSR count). The van der Waals surface area contributed by atoms with Crippen LogP contribution in [0.4, 0.5) is 0 Å². The van der Waals surface area contributed by atoms with Crippen molar-refractivity contribution in [3.63, 3.8) is 0 Å². The summed E-state index contributed by atoms with van der Waals surface area (Å²) in [7, 11) is 0. The standard InChI is InChI=1S/C13H19NO3/c1-13(12(16)17)6-7-14(9-13)11(15)8-10-4-2-3-5-10/h2,4,10H,3,5-9H2,1H3,(H,16,17)/t10-,13-/m0/s1. The van der Waals surface area contributed by atoms with Crippen LogP contribution in [0.5, 0.6) is 0 Å². The van der Waals surface area contributed by atoms with E-state index in [2.05, 4.69) is 12.2 Å². The number of rotatable bonds is 3. The molecule has 94 valence electrons. The van der Waals surface area contributed by atoms with Gasteiger partial charge >= 0.3 is 5.97 Å². The Labute approximate surface area is 101 Å². The first-order valence-corrected chi connectivity index (χ1v) is 6.19. The van der Waals surface area contributed by atoms with E-state index in [1.807, 2.05) is 0 Å². The minimum absolute atomic E-state index is 0.103. The maximum Gasteiger partial charge on any atom is 0.311 e. The highest BCUT2D eigenvalue weighted by molar-refractivity contribution is 5.80. The highest BCUT2D eigenvalue weighted by Gasteiger charge is 2.42. The fourth-order valence-electron chi connectivity index (χ4n) is 2.57. The summed E-state index contributed by atoms with van der Waals surface area (Å²) in [6.45, 7) is 2.66. The zero-order chi connectivity index (χ0) is 12.5. The number of carboxylic acid groups (broad SMARTS) is 1. The molecule has 0 radical (unpaired) electrons. The van der Waals surface area contributed by atoms with Crippen molar-refractivity contribution in [2.24, 2.45) is 11.3 Å². The van der Waals surface area contributed by atoms with Crippen LogP contribution < -0.4 is 0 Å². The minimum atomic E-state index is -0.798. The molecule has 0 unspecified atom stereocenters. The smallest absolute Gasteiger partial charge is 0.311 e. The van der Waals surface area contributed by atoms with Crippen LogP contribution in [0.1, 0.15) is 32.6 Å². The number of allylic oxidation sites excluding steroid dienone is 2. The minimum Gasteiger partial charge on any atom is -0.481 e. The first-order chi connectivity index (χ1) is 8.01. The molecule has 2 atom stereocenters. The van der Waals surface area contributed by atoms with Crippen molar-refractivity contribution in [1.29, 1.82) is 0 Å². The van der Waals surface area contributed by atoms with Gasteiger partial charge in [0.1, 0.15) is 0 Å². The van der Waals surface area contributed by atoms with Crippen molar-refractivity contribution >= 4 is 11.9 Å². The van der Waals surface area contributed by atoms with Crippen LogP contribution in [-0.4, -0.2) is 35.0 Å². The number of aliphatic carboxylic acids is 1. The van der Waals surface area contributed by atoms with Crippen LogP contribution in [0.2, 0.25) is 0 Å². The molecule has 1 saturated heterocycles. The van der Waals surface area contributed by atoms with Crippen LogP contribution in [0.25, 0.3) is 0 Å². The Balaban J connectivity index is 1.89. The SMILES string of the molecule is C[C@]1(C(=O)O)CCN(C(=O)C[C@H]2C=CCC2)C1. The molecule has 1 heterocycles. The number of carbonyl (C=O) groups is 2. The van der Waals surface area contributed by atoms with E-state index in [4.69, 9.17) is 5.11 Å². The van der Waals surface area contributed by atoms with Crippen molar-refractivity contribution in [3.05, 3.63) is 12.2 Å². The monoisotopic (exact) mass is 237 g/mol. The Morgan fingerprint density at radius 3 is 2.82 bits per heavy atom. The van der Waals surface area contributed by atoms with Crippen LogP contribution in [0, 0.1) is 11.3 Å². The van der Waals surface area contributed by atoms with Crippen molar-refractivity contribution in [2.75, 3.05) is 13.1 Å². The average Bonchev–Trinajstić information content (AvgIpc) is 2.88. The zero-order valence-corrected chi connectivity index (χ0v) is 10.2. The first kappa shape index (κ1) is 12.1. The number of nitrogens with zero attached hydrogens (tertiary/aromatic N) is 1. The molecule has 4 nitrogen and oxygen atoms in total. The van der Waals surface area contributed by atoms with Crippen molar-refractivity contribution in [3.8, 4) is 0 Å². The summed E-state index contributed by atoms with van der Waals surface area (Å²) in [5, 5.41) is 9.11. The van der Waals surface area contributed by atoms with Crippen molar-refractivity contribution in [1.82, 2.24) is 4.90 Å². The maximum absolute atomic E-state index is 12.0. The molecule has 1 aliphatic carbocycles. The molecular weight excluding hydrogens is 218 g/mol. The van der Waals surface area contributed by atoms with Crippen LogP contribution in [0.3, 0.4) is 0 Å². The lowest BCUT2D eigenvalue weighted by atomic mass is 9.90. The molecule has 0 saturated carbocycles. The predicted octanol–water partition coefficient (Wildman–Crippen LogP) is 1.67. The lowest BCUT2D eigenvalue weighted by Crippen LogP contribution is -2.35. The molecule has 0 aromatic heterocycles. The molecule has 0 spiro atoms. The molecule has 0 aromatic carbocycles. The third-order valence-corrected chi connectivity index (χ3v) is 3.89. The lowest BCUT2D eigenvalue weighted by Gasteiger charge is -2.21. The van der Waals surface area contributed by atoms with Gasteiger partial charge in [-0.1, -0.05) is 12.2 Å². The second-order valence-electron chi connectivity index (χ2n) is 5.40. The van der Waals surface area contributed by atoms with Crippen molar-refractivity contribution < 1.29 is 14.7 Å². The number of hydrogen-bond donors (Lipinski definition) is 1. The fraction of sp³-hybridized carbons (Fsp3) is 0.692. The second-order valence-corrected chi connectivity index (χ2v) is 5.40. The quantitative estimate of drug-likeness (QED) is 0.759. The van der Waals surface area contributed by atoms with E-state index in [1.165, 1.54) is 0 Å². The van der Waals surface area contributed by atoms with Gasteiger partial charge in [-0.3, -0.25) is 9.59 Å². The molecule has 0 aromatic rings. The molecule has 1 fully saturated rings. The molecule has 1 amide bonds. The van der Waals surface area contributed by atoms with Gasteiger partial charge < -0.3 is 10.0 Å². The molecule has 1 N–H and O–H groups in total. The molecule has 1 aliphatic heterocycles. The Hall–Kier alpha value is -1.32. The molecule has 0 bridgehead atoms. The highest BCUT2D eigenvalue weighted by Crippen LogP contribution is 2.31. The molecule has 2 aliphatic rings. The number of hydrogen-bond acceptors (Lipinski definition) is 2. The summed E-state index contributed by atoms with van der Waals surface area (Å²) in [6.07, 6.45) is 7.43. The second kappa shape index (κ2) is 4.51. The summed E-state index contributed by atoms with van der Waals surface area (Å²) in [5.41, 5.74) is -0.749. The largest absolute Gasteiger partial charge is 0.481 e. The van der Waals surface area contributed by atoms with Gasteiger partial charge in [0.15, 0.2) is 0 Å². The third-order valence-electron chi connectivity index (χ3n) is 3.89. The van der Waals surface area contributed by atoms with E-state index < -0.39 is 11.4 Å². The summed E-state index contributed by atoms with van der Waals surface area (Å²) in [6, 6.07) is 0. The molecule has 4 heteroatoms. The van der Waals surface area contributed by atoms with E-state index in [9.17, 15) is 9.59 Å². The van der Waals surface area contributed by atoms with Gasteiger partial charge in [-0.2, -0.15) is 0 Å².